The van der Waals surface area contributed by atoms with Crippen LogP contribution in [-0.2, 0) is 18.4 Å². The molecule has 1 fully saturated rings. The van der Waals surface area contributed by atoms with Crippen molar-refractivity contribution < 1.29 is 4.79 Å². The van der Waals surface area contributed by atoms with E-state index in [-0.39, 0.29) is 0 Å². The zero-order chi connectivity index (χ0) is 12.1. The molecule has 0 atom stereocenters. The largest absolute Gasteiger partial charge is 0.357 e. The number of nitrogens with zero attached hydrogens (tertiary/aromatic N) is 2. The van der Waals surface area contributed by atoms with Crippen molar-refractivity contribution in [3.63, 3.8) is 0 Å². The maximum Gasteiger partial charge on any atom is 0.223 e. The van der Waals surface area contributed by atoms with E-state index in [2.05, 4.69) is 17.6 Å². The average molecular weight is 235 g/mol. The molecule has 0 spiro atoms. The van der Waals surface area contributed by atoms with Crippen LogP contribution in [0.2, 0.25) is 0 Å². The quantitative estimate of drug-likeness (QED) is 0.777. The number of amides is 1. The van der Waals surface area contributed by atoms with Gasteiger partial charge in [0, 0.05) is 52.0 Å². The third-order valence-electron chi connectivity index (χ3n) is 3.20. The highest BCUT2D eigenvalue weighted by atomic mass is 16.2. The van der Waals surface area contributed by atoms with Crippen LogP contribution in [-0.4, -0.2) is 35.0 Å². The first kappa shape index (κ1) is 12.2. The van der Waals surface area contributed by atoms with Crippen molar-refractivity contribution in [3.05, 3.63) is 24.0 Å². The summed E-state index contributed by atoms with van der Waals surface area (Å²) in [5.41, 5.74) is 1.26. The standard InChI is InChI=1S/C13H21N3O/c1-15-9-5-12(11-15)10-14-6-4-13(17)16-7-2-3-8-16/h5,9,11,14H,2-4,6-8,10H2,1H3. The van der Waals surface area contributed by atoms with Crippen molar-refractivity contribution in [3.8, 4) is 0 Å². The van der Waals surface area contributed by atoms with Crippen molar-refractivity contribution in [1.29, 1.82) is 0 Å². The molecule has 0 aromatic carbocycles. The number of rotatable bonds is 5. The van der Waals surface area contributed by atoms with Gasteiger partial charge in [0.2, 0.25) is 5.91 Å². The van der Waals surface area contributed by atoms with Gasteiger partial charge in [-0.15, -0.1) is 0 Å². The molecular weight excluding hydrogens is 214 g/mol. The lowest BCUT2D eigenvalue weighted by molar-refractivity contribution is -0.130. The molecule has 1 aromatic heterocycles. The lowest BCUT2D eigenvalue weighted by Crippen LogP contribution is -2.30. The third kappa shape index (κ3) is 3.60. The number of carbonyl (C=O) groups excluding carboxylic acids is 1. The van der Waals surface area contributed by atoms with Gasteiger partial charge in [-0.2, -0.15) is 0 Å². The number of carbonyl (C=O) groups is 1. The summed E-state index contributed by atoms with van der Waals surface area (Å²) in [6, 6.07) is 2.09. The predicted molar refractivity (Wildman–Crippen MR) is 67.6 cm³/mol. The molecule has 0 radical (unpaired) electrons. The number of hydrogen-bond donors (Lipinski definition) is 1. The van der Waals surface area contributed by atoms with Crippen molar-refractivity contribution in [2.45, 2.75) is 25.8 Å². The molecule has 1 aliphatic rings. The second-order valence-electron chi connectivity index (χ2n) is 4.70. The normalized spacial score (nSPS) is 15.5. The molecule has 17 heavy (non-hydrogen) atoms. The molecule has 2 heterocycles. The zero-order valence-corrected chi connectivity index (χ0v) is 10.5. The fourth-order valence-corrected chi connectivity index (χ4v) is 2.22. The van der Waals surface area contributed by atoms with E-state index < -0.39 is 0 Å². The summed E-state index contributed by atoms with van der Waals surface area (Å²) in [5, 5.41) is 3.31. The molecule has 0 saturated carbocycles. The Kier molecular flexibility index (Phi) is 4.20. The lowest BCUT2D eigenvalue weighted by Gasteiger charge is -2.14. The van der Waals surface area contributed by atoms with Crippen molar-refractivity contribution in [1.82, 2.24) is 14.8 Å². The first-order chi connectivity index (χ1) is 8.25. The van der Waals surface area contributed by atoms with Gasteiger partial charge < -0.3 is 14.8 Å². The van der Waals surface area contributed by atoms with E-state index in [0.717, 1.165) is 26.2 Å². The minimum Gasteiger partial charge on any atom is -0.357 e. The molecule has 1 aromatic rings. The van der Waals surface area contributed by atoms with Crippen molar-refractivity contribution in [2.24, 2.45) is 7.05 Å². The Hall–Kier alpha value is -1.29. The van der Waals surface area contributed by atoms with Crippen LogP contribution in [0, 0.1) is 0 Å². The Balaban J connectivity index is 1.61. The second-order valence-corrected chi connectivity index (χ2v) is 4.70. The van der Waals surface area contributed by atoms with Crippen LogP contribution in [0.5, 0.6) is 0 Å². The van der Waals surface area contributed by atoms with Gasteiger partial charge >= 0.3 is 0 Å². The van der Waals surface area contributed by atoms with Gasteiger partial charge in [0.05, 0.1) is 0 Å². The van der Waals surface area contributed by atoms with Crippen LogP contribution in [0.1, 0.15) is 24.8 Å². The Bertz CT molecular complexity index is 366. The summed E-state index contributed by atoms with van der Waals surface area (Å²) in [6.45, 7) is 3.52. The maximum atomic E-state index is 11.7. The minimum absolute atomic E-state index is 0.295. The smallest absolute Gasteiger partial charge is 0.223 e. The van der Waals surface area contributed by atoms with E-state index in [1.165, 1.54) is 18.4 Å². The van der Waals surface area contributed by atoms with E-state index in [1.807, 2.05) is 22.7 Å². The van der Waals surface area contributed by atoms with Crippen LogP contribution >= 0.6 is 0 Å². The highest BCUT2D eigenvalue weighted by molar-refractivity contribution is 5.76. The van der Waals surface area contributed by atoms with Crippen LogP contribution in [0.3, 0.4) is 0 Å². The number of aryl methyl sites for hydroxylation is 1. The monoisotopic (exact) mass is 235 g/mol. The third-order valence-corrected chi connectivity index (χ3v) is 3.20. The van der Waals surface area contributed by atoms with E-state index in [9.17, 15) is 4.79 Å². The fourth-order valence-electron chi connectivity index (χ4n) is 2.22. The first-order valence-electron chi connectivity index (χ1n) is 6.35. The molecular formula is C13H21N3O. The summed E-state index contributed by atoms with van der Waals surface area (Å²) in [4.78, 5) is 13.7. The Morgan fingerprint density at radius 3 is 2.82 bits per heavy atom. The molecule has 2 rings (SSSR count). The maximum absolute atomic E-state index is 11.7. The minimum atomic E-state index is 0.295. The van der Waals surface area contributed by atoms with Crippen molar-refractivity contribution >= 4 is 5.91 Å². The molecule has 4 heteroatoms. The van der Waals surface area contributed by atoms with E-state index in [1.54, 1.807) is 0 Å². The van der Waals surface area contributed by atoms with Gasteiger partial charge in [0.15, 0.2) is 0 Å². The zero-order valence-electron chi connectivity index (χ0n) is 10.5. The Labute approximate surface area is 103 Å². The van der Waals surface area contributed by atoms with E-state index >= 15 is 0 Å². The molecule has 0 bridgehead atoms. The fraction of sp³-hybridized carbons (Fsp3) is 0.615. The summed E-state index contributed by atoms with van der Waals surface area (Å²) in [5.74, 6) is 0.295. The summed E-state index contributed by atoms with van der Waals surface area (Å²) in [6.07, 6.45) is 7.08. The van der Waals surface area contributed by atoms with Crippen molar-refractivity contribution in [2.75, 3.05) is 19.6 Å². The average Bonchev–Trinajstić information content (AvgIpc) is 2.95. The molecule has 1 N–H and O–H groups in total. The number of aromatic nitrogens is 1. The topological polar surface area (TPSA) is 37.3 Å². The van der Waals surface area contributed by atoms with Gasteiger partial charge in [-0.25, -0.2) is 0 Å². The molecule has 0 aliphatic carbocycles. The van der Waals surface area contributed by atoms with Crippen LogP contribution < -0.4 is 5.32 Å². The summed E-state index contributed by atoms with van der Waals surface area (Å²) >= 11 is 0. The van der Waals surface area contributed by atoms with E-state index in [4.69, 9.17) is 0 Å². The highest BCUT2D eigenvalue weighted by Gasteiger charge is 2.16. The van der Waals surface area contributed by atoms with Gasteiger partial charge in [0.25, 0.3) is 0 Å². The molecule has 1 aliphatic heterocycles. The predicted octanol–water partition coefficient (Wildman–Crippen LogP) is 1.13. The summed E-state index contributed by atoms with van der Waals surface area (Å²) in [7, 11) is 2.01. The SMILES string of the molecule is Cn1ccc(CNCCC(=O)N2CCCC2)c1. The van der Waals surface area contributed by atoms with Crippen LogP contribution in [0.25, 0.3) is 0 Å². The second kappa shape index (κ2) is 5.87. The first-order valence-corrected chi connectivity index (χ1v) is 6.35. The van der Waals surface area contributed by atoms with Gasteiger partial charge in [-0.3, -0.25) is 4.79 Å². The molecule has 0 unspecified atom stereocenters. The van der Waals surface area contributed by atoms with Crippen LogP contribution in [0.4, 0.5) is 0 Å². The number of likely N-dealkylation sites (tertiary alicyclic amines) is 1. The van der Waals surface area contributed by atoms with E-state index in [0.29, 0.717) is 12.3 Å². The van der Waals surface area contributed by atoms with Gasteiger partial charge in [-0.05, 0) is 24.5 Å². The lowest BCUT2D eigenvalue weighted by atomic mass is 10.3. The van der Waals surface area contributed by atoms with Gasteiger partial charge in [0.1, 0.15) is 0 Å². The number of hydrogen-bond acceptors (Lipinski definition) is 2. The Morgan fingerprint density at radius 1 is 1.41 bits per heavy atom. The molecule has 1 amide bonds. The Morgan fingerprint density at radius 2 is 2.18 bits per heavy atom. The highest BCUT2D eigenvalue weighted by Crippen LogP contribution is 2.08. The summed E-state index contributed by atoms with van der Waals surface area (Å²) < 4.78 is 2.03. The molecule has 4 nitrogen and oxygen atoms in total. The number of nitrogens with one attached hydrogen (secondary N) is 1. The molecule has 94 valence electrons. The van der Waals surface area contributed by atoms with Gasteiger partial charge in [-0.1, -0.05) is 0 Å². The molecule has 1 saturated heterocycles. The van der Waals surface area contributed by atoms with Crippen LogP contribution in [0.15, 0.2) is 18.5 Å².